The molecule has 0 saturated carbocycles. The van der Waals surface area contributed by atoms with E-state index in [1.54, 1.807) is 16.8 Å². The van der Waals surface area contributed by atoms with E-state index in [0.29, 0.717) is 23.8 Å². The highest BCUT2D eigenvalue weighted by molar-refractivity contribution is 5.90. The molecule has 1 aromatic heterocycles. The van der Waals surface area contributed by atoms with E-state index < -0.39 is 0 Å². The molecule has 4 nitrogen and oxygen atoms in total. The molecule has 0 unspecified atom stereocenters. The fraction of sp³-hybridized carbons (Fsp3) is 0.474. The van der Waals surface area contributed by atoms with Gasteiger partial charge in [-0.3, -0.25) is 4.79 Å². The molecule has 0 bridgehead atoms. The molecular formula is C19H26FN3O. The summed E-state index contributed by atoms with van der Waals surface area (Å²) in [6.45, 7) is 10.3. The molecule has 2 rings (SSSR count). The number of rotatable bonds is 5. The van der Waals surface area contributed by atoms with Crippen molar-refractivity contribution in [1.82, 2.24) is 9.78 Å². The molecule has 0 aliphatic heterocycles. The van der Waals surface area contributed by atoms with Crippen molar-refractivity contribution in [2.24, 2.45) is 5.92 Å². The Kier molecular flexibility index (Phi) is 5.42. The first-order valence-corrected chi connectivity index (χ1v) is 8.33. The average molecular weight is 331 g/mol. The average Bonchev–Trinajstić information content (AvgIpc) is 2.89. The minimum atomic E-state index is -0.336. The molecule has 130 valence electrons. The second-order valence-corrected chi connectivity index (χ2v) is 7.54. The van der Waals surface area contributed by atoms with Crippen LogP contribution in [0.2, 0.25) is 0 Å². The summed E-state index contributed by atoms with van der Waals surface area (Å²) >= 11 is 0. The molecule has 2 aromatic rings. The highest BCUT2D eigenvalue weighted by Gasteiger charge is 2.21. The molecule has 0 saturated heterocycles. The van der Waals surface area contributed by atoms with E-state index in [9.17, 15) is 9.18 Å². The van der Waals surface area contributed by atoms with E-state index in [4.69, 9.17) is 0 Å². The molecule has 24 heavy (non-hydrogen) atoms. The Hall–Kier alpha value is -2.17. The number of nitrogens with zero attached hydrogens (tertiary/aromatic N) is 2. The number of halogens is 1. The lowest BCUT2D eigenvalue weighted by atomic mass is 9.92. The van der Waals surface area contributed by atoms with Gasteiger partial charge in [-0.1, -0.05) is 40.7 Å². The van der Waals surface area contributed by atoms with Gasteiger partial charge < -0.3 is 5.32 Å². The van der Waals surface area contributed by atoms with Gasteiger partial charge in [0, 0.05) is 17.9 Å². The molecule has 0 aliphatic carbocycles. The minimum absolute atomic E-state index is 0.0540. The molecule has 0 aliphatic rings. The maximum absolute atomic E-state index is 13.6. The van der Waals surface area contributed by atoms with Gasteiger partial charge in [0.25, 0.3) is 0 Å². The number of aromatic nitrogens is 2. The smallest absolute Gasteiger partial charge is 0.225 e. The molecule has 1 heterocycles. The Labute approximate surface area is 143 Å². The summed E-state index contributed by atoms with van der Waals surface area (Å²) in [7, 11) is 0. The summed E-state index contributed by atoms with van der Waals surface area (Å²) in [5.41, 5.74) is 1.26. The van der Waals surface area contributed by atoms with Crippen molar-refractivity contribution in [1.29, 1.82) is 0 Å². The monoisotopic (exact) mass is 331 g/mol. The molecule has 1 N–H and O–H groups in total. The molecule has 5 heteroatoms. The molecule has 0 atom stereocenters. The lowest BCUT2D eigenvalue weighted by molar-refractivity contribution is -0.116. The lowest BCUT2D eigenvalue weighted by Crippen LogP contribution is -2.15. The van der Waals surface area contributed by atoms with E-state index >= 15 is 0 Å². The van der Waals surface area contributed by atoms with Crippen LogP contribution in [0.25, 0.3) is 5.69 Å². The highest BCUT2D eigenvalue weighted by atomic mass is 19.1. The topological polar surface area (TPSA) is 46.9 Å². The van der Waals surface area contributed by atoms with Crippen molar-refractivity contribution in [2.45, 2.75) is 52.9 Å². The Morgan fingerprint density at radius 3 is 2.58 bits per heavy atom. The van der Waals surface area contributed by atoms with Gasteiger partial charge in [0.05, 0.1) is 11.4 Å². The van der Waals surface area contributed by atoms with E-state index in [-0.39, 0.29) is 17.1 Å². The zero-order valence-corrected chi connectivity index (χ0v) is 15.1. The third-order valence-corrected chi connectivity index (χ3v) is 3.75. The van der Waals surface area contributed by atoms with Gasteiger partial charge in [0.15, 0.2) is 0 Å². The Bertz CT molecular complexity index is 714. The van der Waals surface area contributed by atoms with Gasteiger partial charge in [0.1, 0.15) is 11.6 Å². The van der Waals surface area contributed by atoms with E-state index in [1.165, 1.54) is 12.1 Å². The third-order valence-electron chi connectivity index (χ3n) is 3.75. The highest BCUT2D eigenvalue weighted by Crippen LogP contribution is 2.26. The first kappa shape index (κ1) is 18.2. The largest absolute Gasteiger partial charge is 0.311 e. The van der Waals surface area contributed by atoms with Crippen molar-refractivity contribution >= 4 is 11.7 Å². The van der Waals surface area contributed by atoms with E-state index in [0.717, 1.165) is 12.1 Å². The van der Waals surface area contributed by atoms with Crippen LogP contribution in [0.3, 0.4) is 0 Å². The van der Waals surface area contributed by atoms with Crippen LogP contribution in [0.1, 0.15) is 53.2 Å². The number of amides is 1. The van der Waals surface area contributed by atoms with Crippen molar-refractivity contribution in [3.8, 4) is 5.69 Å². The second-order valence-electron chi connectivity index (χ2n) is 7.54. The normalized spacial score (nSPS) is 11.8. The predicted octanol–water partition coefficient (Wildman–Crippen LogP) is 4.68. The number of benzene rings is 1. The van der Waals surface area contributed by atoms with Crippen LogP contribution in [0.5, 0.6) is 0 Å². The van der Waals surface area contributed by atoms with Crippen LogP contribution in [-0.4, -0.2) is 15.7 Å². The second kappa shape index (κ2) is 7.16. The fourth-order valence-corrected chi connectivity index (χ4v) is 2.27. The van der Waals surface area contributed by atoms with Crippen molar-refractivity contribution < 1.29 is 9.18 Å². The number of hydrogen-bond donors (Lipinski definition) is 1. The molecule has 0 fully saturated rings. The van der Waals surface area contributed by atoms with Crippen LogP contribution in [0.4, 0.5) is 10.2 Å². The van der Waals surface area contributed by atoms with Crippen molar-refractivity contribution in [3.05, 3.63) is 41.8 Å². The molecule has 1 amide bonds. The number of nitrogens with one attached hydrogen (secondary N) is 1. The first-order chi connectivity index (χ1) is 11.2. The summed E-state index contributed by atoms with van der Waals surface area (Å²) in [5.74, 6) is 0.646. The lowest BCUT2D eigenvalue weighted by Gasteiger charge is -2.14. The molecular weight excluding hydrogens is 305 g/mol. The zero-order valence-electron chi connectivity index (χ0n) is 15.1. The SMILES string of the molecule is CC(C)CCC(=O)Nc1cc(C(C)(C)C)nn1-c1cccc(F)c1. The first-order valence-electron chi connectivity index (χ1n) is 8.33. The number of hydrogen-bond acceptors (Lipinski definition) is 2. The van der Waals surface area contributed by atoms with Gasteiger partial charge in [0.2, 0.25) is 5.91 Å². The minimum Gasteiger partial charge on any atom is -0.311 e. The van der Waals surface area contributed by atoms with Crippen molar-refractivity contribution in [2.75, 3.05) is 5.32 Å². The van der Waals surface area contributed by atoms with Crippen molar-refractivity contribution in [3.63, 3.8) is 0 Å². The Balaban J connectivity index is 2.34. The maximum atomic E-state index is 13.6. The van der Waals surface area contributed by atoms with Crippen LogP contribution in [-0.2, 0) is 10.2 Å². The standard InChI is InChI=1S/C19H26FN3O/c1-13(2)9-10-18(24)21-17-12-16(19(3,4)5)22-23(17)15-8-6-7-14(20)11-15/h6-8,11-13H,9-10H2,1-5H3,(H,21,24). The summed E-state index contributed by atoms with van der Waals surface area (Å²) < 4.78 is 15.2. The predicted molar refractivity (Wildman–Crippen MR) is 94.9 cm³/mol. The maximum Gasteiger partial charge on any atom is 0.225 e. The van der Waals surface area contributed by atoms with E-state index in [1.807, 2.05) is 6.07 Å². The fourth-order valence-electron chi connectivity index (χ4n) is 2.27. The van der Waals surface area contributed by atoms with E-state index in [2.05, 4.69) is 45.0 Å². The van der Waals surface area contributed by atoms with Gasteiger partial charge in [-0.25, -0.2) is 9.07 Å². The number of anilines is 1. The summed E-state index contributed by atoms with van der Waals surface area (Å²) in [6.07, 6.45) is 1.28. The summed E-state index contributed by atoms with van der Waals surface area (Å²) in [4.78, 5) is 12.2. The van der Waals surface area contributed by atoms with Crippen LogP contribution in [0.15, 0.2) is 30.3 Å². The number of carbonyl (C=O) groups excluding carboxylic acids is 1. The van der Waals surface area contributed by atoms with Crippen LogP contribution < -0.4 is 5.32 Å². The quantitative estimate of drug-likeness (QED) is 0.864. The number of carbonyl (C=O) groups is 1. The van der Waals surface area contributed by atoms with Gasteiger partial charge in [-0.2, -0.15) is 5.10 Å². The van der Waals surface area contributed by atoms with Gasteiger partial charge in [-0.05, 0) is 30.5 Å². The van der Waals surface area contributed by atoms with Crippen LogP contribution >= 0.6 is 0 Å². The molecule has 0 spiro atoms. The van der Waals surface area contributed by atoms with Gasteiger partial charge in [-0.15, -0.1) is 0 Å². The van der Waals surface area contributed by atoms with Crippen LogP contribution in [0, 0.1) is 11.7 Å². The molecule has 0 radical (unpaired) electrons. The summed E-state index contributed by atoms with van der Waals surface area (Å²) in [6, 6.07) is 8.06. The Morgan fingerprint density at radius 2 is 2.00 bits per heavy atom. The van der Waals surface area contributed by atoms with Gasteiger partial charge >= 0.3 is 0 Å². The summed E-state index contributed by atoms with van der Waals surface area (Å²) in [5, 5.41) is 7.49. The third kappa shape index (κ3) is 4.66. The molecule has 1 aromatic carbocycles. The Morgan fingerprint density at radius 1 is 1.29 bits per heavy atom. The zero-order chi connectivity index (χ0) is 17.9.